The van der Waals surface area contributed by atoms with Crippen LogP contribution in [0.3, 0.4) is 0 Å². The summed E-state index contributed by atoms with van der Waals surface area (Å²) >= 11 is 0. The Morgan fingerprint density at radius 1 is 1.50 bits per heavy atom. The fourth-order valence-electron chi connectivity index (χ4n) is 0.741. The molecule has 0 atom stereocenters. The Bertz CT molecular complexity index is 299. The van der Waals surface area contributed by atoms with E-state index in [0.717, 1.165) is 0 Å². The Hall–Kier alpha value is -1.65. The summed E-state index contributed by atoms with van der Waals surface area (Å²) in [6.45, 7) is 0. The van der Waals surface area contributed by atoms with E-state index in [1.165, 1.54) is 6.07 Å². The van der Waals surface area contributed by atoms with E-state index < -0.39 is 6.08 Å². The Morgan fingerprint density at radius 3 is 3.00 bits per heavy atom. The molecule has 0 unspecified atom stereocenters. The maximum atomic E-state index is 8.66. The van der Waals surface area contributed by atoms with Crippen LogP contribution >= 0.6 is 0 Å². The minimum Gasteiger partial charge on any atom is -0.466 e. The Balaban J connectivity index is 2.83. The maximum absolute atomic E-state index is 8.66. The van der Waals surface area contributed by atoms with E-state index in [9.17, 15) is 0 Å². The summed E-state index contributed by atoms with van der Waals surface area (Å²) in [5, 5.41) is 8.66. The van der Waals surface area contributed by atoms with Crippen molar-refractivity contribution in [3.63, 3.8) is 0 Å². The molecule has 0 aliphatic carbocycles. The number of furan rings is 1. The molecule has 2 aromatic rings. The van der Waals surface area contributed by atoms with Crippen LogP contribution in [0.15, 0.2) is 14.9 Å². The monoisotopic (exact) mass is 140 g/mol. The summed E-state index contributed by atoms with van der Waals surface area (Å²) in [4.78, 5) is 3.48. The first-order chi connectivity index (χ1) is 4.75. The Kier molecular flexibility index (Phi) is 0.743. The lowest BCUT2D eigenvalue weighted by atomic mass is 10.6. The fraction of sp³-hybridized carbons (Fsp3) is 0. The molecule has 0 spiro atoms. The second-order valence-electron chi connectivity index (χ2n) is 1.81. The van der Waals surface area contributed by atoms with Gasteiger partial charge < -0.3 is 19.7 Å². The molecule has 2 heterocycles. The summed E-state index contributed by atoms with van der Waals surface area (Å²) in [6, 6.07) is 1.45. The Labute approximate surface area is 55.1 Å². The van der Waals surface area contributed by atoms with Crippen molar-refractivity contribution in [3.8, 4) is 6.08 Å². The van der Waals surface area contributed by atoms with Gasteiger partial charge in [-0.2, -0.15) is 0 Å². The summed E-state index contributed by atoms with van der Waals surface area (Å²) < 4.78 is 9.46. The zero-order chi connectivity index (χ0) is 7.14. The molecule has 0 saturated carbocycles. The Morgan fingerprint density at radius 2 is 2.30 bits per heavy atom. The highest BCUT2D eigenvalue weighted by Gasteiger charge is 2.08. The third-order valence-corrected chi connectivity index (χ3v) is 1.10. The van der Waals surface area contributed by atoms with E-state index in [1.54, 1.807) is 0 Å². The summed E-state index contributed by atoms with van der Waals surface area (Å²) in [6.07, 6.45) is -0.409. The van der Waals surface area contributed by atoms with Gasteiger partial charge in [0.2, 0.25) is 5.58 Å². The molecule has 5 nitrogen and oxygen atoms in total. The second kappa shape index (κ2) is 1.44. The number of nitrogens with two attached hydrogens (primary N) is 1. The lowest BCUT2D eigenvalue weighted by molar-refractivity contribution is 0.327. The highest BCUT2D eigenvalue weighted by molar-refractivity contribution is 5.70. The molecule has 0 aromatic carbocycles. The van der Waals surface area contributed by atoms with Crippen LogP contribution in [-0.4, -0.2) is 10.1 Å². The largest absolute Gasteiger partial charge is 0.466 e. The first kappa shape index (κ1) is 5.16. The number of oxazole rings is 1. The normalized spacial score (nSPS) is 10.8. The molecule has 0 amide bonds. The van der Waals surface area contributed by atoms with Crippen LogP contribution in [0, 0.1) is 0 Å². The number of fused-ring (bicyclic) bond motifs is 1. The van der Waals surface area contributed by atoms with Crippen molar-refractivity contribution in [2.24, 2.45) is 0 Å². The number of aromatic hydroxyl groups is 1. The van der Waals surface area contributed by atoms with E-state index in [0.29, 0.717) is 5.58 Å². The molecule has 2 rings (SSSR count). The predicted octanol–water partition coefficient (Wildman–Crippen LogP) is 0.709. The molecule has 0 saturated heterocycles. The second-order valence-corrected chi connectivity index (χ2v) is 1.81. The zero-order valence-electron chi connectivity index (χ0n) is 4.87. The van der Waals surface area contributed by atoms with Gasteiger partial charge in [-0.1, -0.05) is 0 Å². The minimum absolute atomic E-state index is 0.218. The van der Waals surface area contributed by atoms with Crippen LogP contribution in [0.5, 0.6) is 6.08 Å². The van der Waals surface area contributed by atoms with Crippen molar-refractivity contribution in [1.29, 1.82) is 0 Å². The topological polar surface area (TPSA) is 85.4 Å². The third kappa shape index (κ3) is 0.540. The molecule has 52 valence electrons. The van der Waals surface area contributed by atoms with Gasteiger partial charge in [-0.25, -0.2) is 0 Å². The first-order valence-corrected chi connectivity index (χ1v) is 2.60. The average Bonchev–Trinajstić information content (AvgIpc) is 2.21. The van der Waals surface area contributed by atoms with E-state index >= 15 is 0 Å². The van der Waals surface area contributed by atoms with Crippen LogP contribution in [0.4, 0.5) is 5.88 Å². The van der Waals surface area contributed by atoms with Gasteiger partial charge in [-0.3, -0.25) is 0 Å². The summed E-state index contributed by atoms with van der Waals surface area (Å²) in [5.74, 6) is 0.223. The van der Waals surface area contributed by atoms with Crippen molar-refractivity contribution in [3.05, 3.63) is 6.07 Å². The highest BCUT2D eigenvalue weighted by atomic mass is 16.5. The smallest absolute Gasteiger partial charge is 0.395 e. The number of hydrogen-bond acceptors (Lipinski definition) is 5. The molecule has 0 bridgehead atoms. The van der Waals surface area contributed by atoms with Gasteiger partial charge in [0, 0.05) is 6.07 Å². The molecule has 3 N–H and O–H groups in total. The summed E-state index contributed by atoms with van der Waals surface area (Å²) in [7, 11) is 0. The van der Waals surface area contributed by atoms with Crippen molar-refractivity contribution in [2.75, 3.05) is 5.73 Å². The molecule has 0 fully saturated rings. The van der Waals surface area contributed by atoms with Crippen LogP contribution < -0.4 is 5.73 Å². The van der Waals surface area contributed by atoms with Crippen molar-refractivity contribution in [1.82, 2.24) is 4.98 Å². The van der Waals surface area contributed by atoms with E-state index in [-0.39, 0.29) is 11.6 Å². The van der Waals surface area contributed by atoms with Gasteiger partial charge in [-0.05, 0) is 0 Å². The van der Waals surface area contributed by atoms with Crippen molar-refractivity contribution < 1.29 is 13.9 Å². The molecule has 0 radical (unpaired) electrons. The van der Waals surface area contributed by atoms with Gasteiger partial charge in [0.1, 0.15) is 0 Å². The van der Waals surface area contributed by atoms with Crippen molar-refractivity contribution >= 4 is 17.2 Å². The maximum Gasteiger partial charge on any atom is 0.395 e. The quantitative estimate of drug-likeness (QED) is 0.562. The molecular formula is C5H4N2O3. The van der Waals surface area contributed by atoms with Crippen LogP contribution in [-0.2, 0) is 0 Å². The number of nitrogens with zero attached hydrogens (tertiary/aromatic N) is 1. The predicted molar refractivity (Wildman–Crippen MR) is 32.4 cm³/mol. The number of hydrogen-bond donors (Lipinski definition) is 2. The minimum atomic E-state index is -0.409. The molecule has 2 aromatic heterocycles. The van der Waals surface area contributed by atoms with E-state index in [2.05, 4.69) is 9.40 Å². The molecule has 0 aliphatic heterocycles. The van der Waals surface area contributed by atoms with Crippen LogP contribution in [0.1, 0.15) is 0 Å². The molecule has 10 heavy (non-hydrogen) atoms. The number of nitrogen functional groups attached to an aromatic ring is 1. The van der Waals surface area contributed by atoms with Gasteiger partial charge in [0.15, 0.2) is 5.88 Å². The molecule has 5 heteroatoms. The van der Waals surface area contributed by atoms with E-state index in [1.807, 2.05) is 0 Å². The number of anilines is 1. The van der Waals surface area contributed by atoms with Crippen LogP contribution in [0.25, 0.3) is 11.3 Å². The zero-order valence-corrected chi connectivity index (χ0v) is 4.87. The molecule has 0 aliphatic rings. The van der Waals surface area contributed by atoms with Gasteiger partial charge >= 0.3 is 6.08 Å². The lowest BCUT2D eigenvalue weighted by Crippen LogP contribution is -1.75. The lowest BCUT2D eigenvalue weighted by Gasteiger charge is -1.76. The highest BCUT2D eigenvalue weighted by Crippen LogP contribution is 2.23. The SMILES string of the molecule is Nc1cc2oc(O)nc2o1. The number of aromatic nitrogens is 1. The van der Waals surface area contributed by atoms with Crippen molar-refractivity contribution in [2.45, 2.75) is 0 Å². The standard InChI is InChI=1S/C5H4N2O3/c6-3-1-2-4(10-3)7-5(8)9-2/h1H,6H2,(H,7,8). The average molecular weight is 140 g/mol. The summed E-state index contributed by atoms with van der Waals surface area (Å²) in [5.41, 5.74) is 5.81. The van der Waals surface area contributed by atoms with E-state index in [4.69, 9.17) is 15.3 Å². The molecular weight excluding hydrogens is 136 g/mol. The van der Waals surface area contributed by atoms with Gasteiger partial charge in [0.25, 0.3) is 5.71 Å². The van der Waals surface area contributed by atoms with Gasteiger partial charge in [0.05, 0.1) is 0 Å². The van der Waals surface area contributed by atoms with Gasteiger partial charge in [-0.15, -0.1) is 4.98 Å². The third-order valence-electron chi connectivity index (χ3n) is 1.10. The number of rotatable bonds is 0. The fourth-order valence-corrected chi connectivity index (χ4v) is 0.741. The first-order valence-electron chi connectivity index (χ1n) is 2.60. The van der Waals surface area contributed by atoms with Crippen LogP contribution in [0.2, 0.25) is 0 Å².